The molecule has 0 spiro atoms. The minimum atomic E-state index is 0.248. The maximum atomic E-state index is 6.77. The molecule has 6 rings (SSSR count). The molecule has 0 N–H and O–H groups in total. The summed E-state index contributed by atoms with van der Waals surface area (Å²) in [5.41, 5.74) is 5.05. The monoisotopic (exact) mass is 445 g/mol. The van der Waals surface area contributed by atoms with Gasteiger partial charge in [-0.25, -0.2) is 0 Å². The number of nitrogens with zero attached hydrogens (tertiary/aromatic N) is 1. The molecule has 4 aromatic carbocycles. The van der Waals surface area contributed by atoms with Crippen LogP contribution in [0.4, 0.5) is 0 Å². The lowest BCUT2D eigenvalue weighted by atomic mass is 9.86. The molecule has 2 heterocycles. The molecule has 0 aliphatic carbocycles. The van der Waals surface area contributed by atoms with Gasteiger partial charge in [0.25, 0.3) is 0 Å². The van der Waals surface area contributed by atoms with Crippen molar-refractivity contribution in [1.29, 1.82) is 0 Å². The second-order valence-corrected chi connectivity index (χ2v) is 11.4. The van der Waals surface area contributed by atoms with E-state index in [0.29, 0.717) is 5.92 Å². The van der Waals surface area contributed by atoms with E-state index in [4.69, 9.17) is 9.72 Å². The zero-order valence-corrected chi connectivity index (χ0v) is 20.7. The normalized spacial score (nSPS) is 13.0. The SMILES string of the molecule is CC(C)Cc1c2c(cc3ccccc13)-c1nccc3c1c(cc1ccc(CC(C)(C)C)cc13)O2. The van der Waals surface area contributed by atoms with Gasteiger partial charge in [0, 0.05) is 17.3 Å². The zero-order valence-electron chi connectivity index (χ0n) is 20.7. The Morgan fingerprint density at radius 1 is 0.853 bits per heavy atom. The number of fused-ring (bicyclic) bond motifs is 5. The predicted molar refractivity (Wildman–Crippen MR) is 144 cm³/mol. The lowest BCUT2D eigenvalue weighted by molar-refractivity contribution is 0.411. The summed E-state index contributed by atoms with van der Waals surface area (Å²) < 4.78 is 6.77. The number of ether oxygens (including phenoxy) is 1. The van der Waals surface area contributed by atoms with Crippen LogP contribution in [0.3, 0.4) is 0 Å². The van der Waals surface area contributed by atoms with Gasteiger partial charge in [0.05, 0.1) is 11.1 Å². The molecule has 34 heavy (non-hydrogen) atoms. The van der Waals surface area contributed by atoms with Crippen molar-refractivity contribution in [3.63, 3.8) is 0 Å². The van der Waals surface area contributed by atoms with Gasteiger partial charge in [0.1, 0.15) is 11.5 Å². The van der Waals surface area contributed by atoms with Crippen LogP contribution in [0.25, 0.3) is 43.6 Å². The lowest BCUT2D eigenvalue weighted by Crippen LogP contribution is -2.09. The Labute approximate surface area is 201 Å². The van der Waals surface area contributed by atoms with E-state index in [2.05, 4.69) is 95.3 Å². The fourth-order valence-corrected chi connectivity index (χ4v) is 5.54. The molecule has 1 aliphatic rings. The molecule has 0 fully saturated rings. The van der Waals surface area contributed by atoms with Crippen molar-refractivity contribution in [3.05, 3.63) is 78.0 Å². The number of rotatable bonds is 3. The maximum absolute atomic E-state index is 6.77. The quantitative estimate of drug-likeness (QED) is 0.253. The first-order valence-electron chi connectivity index (χ1n) is 12.4. The first kappa shape index (κ1) is 21.2. The molecule has 0 amide bonds. The van der Waals surface area contributed by atoms with Gasteiger partial charge in [-0.2, -0.15) is 0 Å². The summed E-state index contributed by atoms with van der Waals surface area (Å²) in [6, 6.07) is 22.2. The third kappa shape index (κ3) is 3.44. The highest BCUT2D eigenvalue weighted by atomic mass is 16.5. The van der Waals surface area contributed by atoms with Gasteiger partial charge in [-0.1, -0.05) is 77.1 Å². The second-order valence-electron chi connectivity index (χ2n) is 11.4. The Kier molecular flexibility index (Phi) is 4.71. The Balaban J connectivity index is 1.65. The van der Waals surface area contributed by atoms with Crippen LogP contribution < -0.4 is 4.74 Å². The van der Waals surface area contributed by atoms with Crippen molar-refractivity contribution in [2.45, 2.75) is 47.5 Å². The molecule has 5 aromatic rings. The summed E-state index contributed by atoms with van der Waals surface area (Å²) in [6.45, 7) is 11.4. The highest BCUT2D eigenvalue weighted by Gasteiger charge is 2.27. The van der Waals surface area contributed by atoms with E-state index in [0.717, 1.165) is 41.0 Å². The van der Waals surface area contributed by atoms with Crippen LogP contribution in [0, 0.1) is 11.3 Å². The molecular weight excluding hydrogens is 414 g/mol. The topological polar surface area (TPSA) is 22.1 Å². The van der Waals surface area contributed by atoms with Crippen LogP contribution in [0.5, 0.6) is 11.5 Å². The third-order valence-electron chi connectivity index (χ3n) is 6.81. The van der Waals surface area contributed by atoms with Crippen LogP contribution in [0.1, 0.15) is 45.7 Å². The largest absolute Gasteiger partial charge is 0.456 e. The highest BCUT2D eigenvalue weighted by Crippen LogP contribution is 2.51. The molecule has 1 aliphatic heterocycles. The minimum absolute atomic E-state index is 0.248. The van der Waals surface area contributed by atoms with Gasteiger partial charge in [0.2, 0.25) is 0 Å². The molecule has 0 radical (unpaired) electrons. The number of hydrogen-bond acceptors (Lipinski definition) is 2. The summed E-state index contributed by atoms with van der Waals surface area (Å²) >= 11 is 0. The Hall–Kier alpha value is -3.39. The first-order chi connectivity index (χ1) is 16.3. The molecule has 2 nitrogen and oxygen atoms in total. The Morgan fingerprint density at radius 3 is 2.44 bits per heavy atom. The van der Waals surface area contributed by atoms with Crippen molar-refractivity contribution < 1.29 is 4.74 Å². The molecule has 0 unspecified atom stereocenters. The van der Waals surface area contributed by atoms with E-state index < -0.39 is 0 Å². The summed E-state index contributed by atoms with van der Waals surface area (Å²) in [4.78, 5) is 4.91. The summed E-state index contributed by atoms with van der Waals surface area (Å²) in [6.07, 6.45) is 3.98. The predicted octanol–water partition coefficient (Wildman–Crippen LogP) is 9.10. The molecule has 170 valence electrons. The fourth-order valence-electron chi connectivity index (χ4n) is 5.54. The van der Waals surface area contributed by atoms with Gasteiger partial charge in [-0.15, -0.1) is 0 Å². The van der Waals surface area contributed by atoms with Crippen LogP contribution in [-0.4, -0.2) is 4.98 Å². The average molecular weight is 446 g/mol. The standard InChI is InChI=1S/C32H31NO/c1-19(2)14-26-23-9-7-6-8-21(23)16-27-30-29-24(12-13-33-30)25-15-20(18-32(3,4)5)10-11-22(25)17-28(29)34-31(26)27/h6-13,15-17,19H,14,18H2,1-5H3. The summed E-state index contributed by atoms with van der Waals surface area (Å²) in [5, 5.41) is 7.36. The van der Waals surface area contributed by atoms with E-state index in [-0.39, 0.29) is 5.41 Å². The van der Waals surface area contributed by atoms with Crippen molar-refractivity contribution in [1.82, 2.24) is 4.98 Å². The molecule has 1 aromatic heterocycles. The molecule has 0 saturated heterocycles. The molecule has 2 heteroatoms. The van der Waals surface area contributed by atoms with E-state index in [9.17, 15) is 0 Å². The average Bonchev–Trinajstić information content (AvgIpc) is 2.79. The smallest absolute Gasteiger partial charge is 0.140 e. The minimum Gasteiger partial charge on any atom is -0.456 e. The summed E-state index contributed by atoms with van der Waals surface area (Å²) in [7, 11) is 0. The first-order valence-corrected chi connectivity index (χ1v) is 12.4. The Morgan fingerprint density at radius 2 is 1.65 bits per heavy atom. The van der Waals surface area contributed by atoms with Crippen molar-refractivity contribution in [2.75, 3.05) is 0 Å². The zero-order chi connectivity index (χ0) is 23.6. The van der Waals surface area contributed by atoms with Crippen molar-refractivity contribution in [2.24, 2.45) is 11.3 Å². The number of benzene rings is 4. The molecule has 0 atom stereocenters. The fraction of sp³-hybridized carbons (Fsp3) is 0.281. The Bertz CT molecular complexity index is 1590. The lowest BCUT2D eigenvalue weighted by Gasteiger charge is -2.26. The van der Waals surface area contributed by atoms with Crippen molar-refractivity contribution >= 4 is 32.3 Å². The van der Waals surface area contributed by atoms with Gasteiger partial charge in [-0.05, 0) is 74.9 Å². The number of pyridine rings is 1. The van der Waals surface area contributed by atoms with E-state index in [1.54, 1.807) is 0 Å². The van der Waals surface area contributed by atoms with Gasteiger partial charge in [0.15, 0.2) is 0 Å². The molecular formula is C32H31NO. The molecule has 0 bridgehead atoms. The highest BCUT2D eigenvalue weighted by molar-refractivity contribution is 6.16. The van der Waals surface area contributed by atoms with Crippen LogP contribution >= 0.6 is 0 Å². The van der Waals surface area contributed by atoms with Gasteiger partial charge >= 0.3 is 0 Å². The van der Waals surface area contributed by atoms with E-state index in [1.807, 2.05) is 6.20 Å². The van der Waals surface area contributed by atoms with E-state index in [1.165, 1.54) is 38.1 Å². The maximum Gasteiger partial charge on any atom is 0.140 e. The van der Waals surface area contributed by atoms with Gasteiger partial charge in [-0.3, -0.25) is 4.98 Å². The van der Waals surface area contributed by atoms with Gasteiger partial charge < -0.3 is 4.74 Å². The molecule has 0 saturated carbocycles. The van der Waals surface area contributed by atoms with E-state index >= 15 is 0 Å². The van der Waals surface area contributed by atoms with Crippen molar-refractivity contribution in [3.8, 4) is 22.8 Å². The van der Waals surface area contributed by atoms with Crippen LogP contribution in [0.2, 0.25) is 0 Å². The van der Waals surface area contributed by atoms with Crippen LogP contribution in [0.15, 0.2) is 66.9 Å². The third-order valence-corrected chi connectivity index (χ3v) is 6.81. The summed E-state index contributed by atoms with van der Waals surface area (Å²) in [5.74, 6) is 2.42. The number of aromatic nitrogens is 1. The van der Waals surface area contributed by atoms with Crippen LogP contribution in [-0.2, 0) is 12.8 Å². The number of hydrogen-bond donors (Lipinski definition) is 0. The second kappa shape index (κ2) is 7.56.